The number of hydrogen-bond acceptors (Lipinski definition) is 5. The number of likely N-dealkylation sites (tertiary alicyclic amines) is 1. The van der Waals surface area contributed by atoms with Gasteiger partial charge in [-0.05, 0) is 33.1 Å². The molecule has 1 amide bonds. The van der Waals surface area contributed by atoms with E-state index in [4.69, 9.17) is 14.2 Å². The summed E-state index contributed by atoms with van der Waals surface area (Å²) in [6.07, 6.45) is 3.09. The number of carbonyl (C=O) groups is 2. The van der Waals surface area contributed by atoms with Crippen LogP contribution in [0.4, 0.5) is 0 Å². The number of Topliss-reactive ketones (excluding diaryl/α,β-unsaturated/α-hetero) is 1. The maximum atomic E-state index is 12.2. The van der Waals surface area contributed by atoms with Crippen molar-refractivity contribution in [2.45, 2.75) is 59.5 Å². The van der Waals surface area contributed by atoms with Crippen LogP contribution in [0, 0.1) is 11.8 Å². The fraction of sp³-hybridized carbons (Fsp3) is 0.900. The van der Waals surface area contributed by atoms with Crippen LogP contribution in [0.15, 0.2) is 0 Å². The van der Waals surface area contributed by atoms with Gasteiger partial charge < -0.3 is 19.1 Å². The van der Waals surface area contributed by atoms with Crippen molar-refractivity contribution in [1.82, 2.24) is 4.90 Å². The number of piperidine rings is 1. The van der Waals surface area contributed by atoms with Crippen molar-refractivity contribution in [3.8, 4) is 0 Å². The molecule has 1 saturated heterocycles. The van der Waals surface area contributed by atoms with E-state index < -0.39 is 0 Å². The summed E-state index contributed by atoms with van der Waals surface area (Å²) in [5.74, 6) is 0.740. The second-order valence-electron chi connectivity index (χ2n) is 7.26. The lowest BCUT2D eigenvalue weighted by atomic mass is 9.85. The predicted molar refractivity (Wildman–Crippen MR) is 101 cm³/mol. The van der Waals surface area contributed by atoms with Gasteiger partial charge in [-0.1, -0.05) is 13.8 Å². The van der Waals surface area contributed by atoms with Crippen molar-refractivity contribution in [3.05, 3.63) is 0 Å². The van der Waals surface area contributed by atoms with Crippen molar-refractivity contribution < 1.29 is 23.8 Å². The van der Waals surface area contributed by atoms with Crippen molar-refractivity contribution in [3.63, 3.8) is 0 Å². The summed E-state index contributed by atoms with van der Waals surface area (Å²) in [4.78, 5) is 26.3. The molecule has 1 atom stereocenters. The van der Waals surface area contributed by atoms with Crippen LogP contribution in [0.2, 0.25) is 0 Å². The van der Waals surface area contributed by atoms with Gasteiger partial charge in [-0.3, -0.25) is 9.59 Å². The largest absolute Gasteiger partial charge is 0.379 e. The maximum Gasteiger partial charge on any atom is 0.224 e. The van der Waals surface area contributed by atoms with Gasteiger partial charge in [-0.15, -0.1) is 0 Å². The Balaban J connectivity index is 2.04. The Morgan fingerprint density at radius 1 is 0.962 bits per heavy atom. The van der Waals surface area contributed by atoms with Crippen molar-refractivity contribution in [2.75, 3.05) is 46.1 Å². The maximum absolute atomic E-state index is 12.2. The molecule has 26 heavy (non-hydrogen) atoms. The fourth-order valence-electron chi connectivity index (χ4n) is 3.00. The summed E-state index contributed by atoms with van der Waals surface area (Å²) >= 11 is 0. The first-order valence-electron chi connectivity index (χ1n) is 10.0. The SMILES string of the molecule is CCC(C)C(=O)C1CCN(C(=O)CCOCCOCCOC(C)C)CC1. The minimum absolute atomic E-state index is 0.116. The lowest BCUT2D eigenvalue weighted by Crippen LogP contribution is -2.41. The normalized spacial score (nSPS) is 16.9. The monoisotopic (exact) mass is 371 g/mol. The van der Waals surface area contributed by atoms with Crippen LogP contribution in [0.1, 0.15) is 53.4 Å². The zero-order valence-corrected chi connectivity index (χ0v) is 17.0. The molecule has 6 nitrogen and oxygen atoms in total. The molecule has 152 valence electrons. The Hall–Kier alpha value is -0.980. The number of ketones is 1. The smallest absolute Gasteiger partial charge is 0.224 e. The predicted octanol–water partition coefficient (Wildman–Crippen LogP) is 2.69. The minimum atomic E-state index is 0.116. The van der Waals surface area contributed by atoms with Gasteiger partial charge in [0.25, 0.3) is 0 Å². The average Bonchev–Trinajstić information content (AvgIpc) is 2.65. The molecule has 0 N–H and O–H groups in total. The summed E-state index contributed by atoms with van der Waals surface area (Å²) in [6.45, 7) is 12.0. The number of nitrogens with zero attached hydrogens (tertiary/aromatic N) is 1. The molecule has 1 rings (SSSR count). The Morgan fingerprint density at radius 3 is 2.12 bits per heavy atom. The van der Waals surface area contributed by atoms with Gasteiger partial charge >= 0.3 is 0 Å². The molecule has 0 aromatic carbocycles. The lowest BCUT2D eigenvalue weighted by molar-refractivity contribution is -0.137. The van der Waals surface area contributed by atoms with Crippen LogP contribution < -0.4 is 0 Å². The fourth-order valence-corrected chi connectivity index (χ4v) is 3.00. The highest BCUT2D eigenvalue weighted by Crippen LogP contribution is 2.22. The summed E-state index contributed by atoms with van der Waals surface area (Å²) in [6, 6.07) is 0. The highest BCUT2D eigenvalue weighted by Gasteiger charge is 2.28. The van der Waals surface area contributed by atoms with Crippen molar-refractivity contribution in [1.29, 1.82) is 0 Å². The molecule has 1 aliphatic heterocycles. The van der Waals surface area contributed by atoms with Gasteiger partial charge in [0.15, 0.2) is 0 Å². The summed E-state index contributed by atoms with van der Waals surface area (Å²) in [5, 5.41) is 0. The zero-order valence-electron chi connectivity index (χ0n) is 17.0. The Kier molecular flexibility index (Phi) is 11.7. The van der Waals surface area contributed by atoms with Gasteiger partial charge in [-0.2, -0.15) is 0 Å². The molecule has 0 aromatic heterocycles. The van der Waals surface area contributed by atoms with Gasteiger partial charge in [0, 0.05) is 24.9 Å². The summed E-state index contributed by atoms with van der Waals surface area (Å²) in [7, 11) is 0. The van der Waals surface area contributed by atoms with Crippen LogP contribution in [-0.2, 0) is 23.8 Å². The van der Waals surface area contributed by atoms with Crippen molar-refractivity contribution in [2.24, 2.45) is 11.8 Å². The van der Waals surface area contributed by atoms with Crippen LogP contribution in [-0.4, -0.2) is 68.8 Å². The van der Waals surface area contributed by atoms with Crippen molar-refractivity contribution >= 4 is 11.7 Å². The van der Waals surface area contributed by atoms with Crippen LogP contribution in [0.25, 0.3) is 0 Å². The number of amides is 1. The van der Waals surface area contributed by atoms with Gasteiger partial charge in [0.2, 0.25) is 5.91 Å². The second kappa shape index (κ2) is 13.2. The van der Waals surface area contributed by atoms with E-state index >= 15 is 0 Å². The van der Waals surface area contributed by atoms with Crippen LogP contribution in [0.3, 0.4) is 0 Å². The van der Waals surface area contributed by atoms with Gasteiger partial charge in [0.1, 0.15) is 5.78 Å². The molecular formula is C20H37NO5. The van der Waals surface area contributed by atoms with E-state index in [1.54, 1.807) is 0 Å². The number of ether oxygens (including phenoxy) is 3. The first kappa shape index (κ1) is 23.1. The quantitative estimate of drug-likeness (QED) is 0.466. The average molecular weight is 372 g/mol. The van der Waals surface area contributed by atoms with E-state index in [0.717, 1.165) is 19.3 Å². The molecule has 0 bridgehead atoms. The minimum Gasteiger partial charge on any atom is -0.379 e. The Labute approximate surface area is 158 Å². The molecule has 1 aliphatic rings. The Morgan fingerprint density at radius 2 is 1.54 bits per heavy atom. The molecule has 1 unspecified atom stereocenters. The molecule has 0 aromatic rings. The molecule has 0 radical (unpaired) electrons. The third-order valence-electron chi connectivity index (χ3n) is 4.86. The van der Waals surface area contributed by atoms with E-state index in [-0.39, 0.29) is 23.8 Å². The first-order chi connectivity index (χ1) is 12.5. The number of carbonyl (C=O) groups excluding carboxylic acids is 2. The lowest BCUT2D eigenvalue weighted by Gasteiger charge is -2.32. The van der Waals surface area contributed by atoms with E-state index in [0.29, 0.717) is 58.3 Å². The van der Waals surface area contributed by atoms with E-state index in [1.807, 2.05) is 32.6 Å². The van der Waals surface area contributed by atoms with E-state index in [9.17, 15) is 9.59 Å². The molecule has 0 spiro atoms. The molecule has 6 heteroatoms. The number of hydrogen-bond donors (Lipinski definition) is 0. The van der Waals surface area contributed by atoms with Crippen LogP contribution in [0.5, 0.6) is 0 Å². The third kappa shape index (κ3) is 9.10. The first-order valence-corrected chi connectivity index (χ1v) is 10.0. The van der Waals surface area contributed by atoms with Crippen LogP contribution >= 0.6 is 0 Å². The number of rotatable bonds is 13. The second-order valence-corrected chi connectivity index (χ2v) is 7.26. The summed E-state index contributed by atoms with van der Waals surface area (Å²) in [5.41, 5.74) is 0. The van der Waals surface area contributed by atoms with Gasteiger partial charge in [-0.25, -0.2) is 0 Å². The van der Waals surface area contributed by atoms with Gasteiger partial charge in [0.05, 0.1) is 45.6 Å². The molecule has 1 heterocycles. The zero-order chi connectivity index (χ0) is 19.4. The molecule has 0 saturated carbocycles. The molecule has 1 fully saturated rings. The highest BCUT2D eigenvalue weighted by molar-refractivity contribution is 5.83. The Bertz CT molecular complexity index is 405. The molecular weight excluding hydrogens is 334 g/mol. The van der Waals surface area contributed by atoms with E-state index in [2.05, 4.69) is 0 Å². The molecule has 0 aliphatic carbocycles. The topological polar surface area (TPSA) is 65.1 Å². The standard InChI is InChI=1S/C20H37NO5/c1-5-17(4)20(23)18-6-9-21(10-7-18)19(22)8-11-24-12-13-25-14-15-26-16(2)3/h16-18H,5-15H2,1-4H3. The summed E-state index contributed by atoms with van der Waals surface area (Å²) < 4.78 is 16.2. The van der Waals surface area contributed by atoms with E-state index in [1.165, 1.54) is 0 Å². The third-order valence-corrected chi connectivity index (χ3v) is 4.86. The highest BCUT2D eigenvalue weighted by atomic mass is 16.5.